The van der Waals surface area contributed by atoms with Gasteiger partial charge in [0.15, 0.2) is 5.65 Å². The predicted octanol–water partition coefficient (Wildman–Crippen LogP) is 4.12. The second-order valence-electron chi connectivity index (χ2n) is 6.72. The molecule has 0 saturated carbocycles. The fourth-order valence-corrected chi connectivity index (χ4v) is 3.15. The number of hydrogen-bond acceptors (Lipinski definition) is 6. The first-order valence-corrected chi connectivity index (χ1v) is 9.55. The normalized spacial score (nSPS) is 13.2. The summed E-state index contributed by atoms with van der Waals surface area (Å²) in [5, 5.41) is 17.4. The SMILES string of the molecule is C=Nc1cc(F)c([C@@H](C)c2cnc3ccc(/C(C)=N/OCCO)nn23)cc1/C=C\C. The number of aliphatic imine (C=N–C) groups is 1. The van der Waals surface area contributed by atoms with Gasteiger partial charge in [0.25, 0.3) is 0 Å². The van der Waals surface area contributed by atoms with Crippen LogP contribution in [0.2, 0.25) is 0 Å². The summed E-state index contributed by atoms with van der Waals surface area (Å²) >= 11 is 0. The number of fused-ring (bicyclic) bond motifs is 1. The van der Waals surface area contributed by atoms with E-state index in [1.807, 2.05) is 32.1 Å². The van der Waals surface area contributed by atoms with Gasteiger partial charge in [0.05, 0.1) is 24.2 Å². The molecule has 1 N–H and O–H groups in total. The van der Waals surface area contributed by atoms with Crippen molar-refractivity contribution in [1.29, 1.82) is 0 Å². The van der Waals surface area contributed by atoms with Gasteiger partial charge in [-0.1, -0.05) is 24.2 Å². The molecule has 2 aromatic heterocycles. The molecule has 8 heteroatoms. The number of nitrogens with zero attached hydrogens (tertiary/aromatic N) is 5. The van der Waals surface area contributed by atoms with E-state index in [2.05, 4.69) is 26.9 Å². The molecule has 0 amide bonds. The number of aliphatic hydroxyl groups is 1. The molecule has 3 aromatic rings. The van der Waals surface area contributed by atoms with Crippen LogP contribution in [0.5, 0.6) is 0 Å². The minimum Gasteiger partial charge on any atom is -0.393 e. The molecule has 0 aliphatic rings. The van der Waals surface area contributed by atoms with Gasteiger partial charge >= 0.3 is 0 Å². The third-order valence-corrected chi connectivity index (χ3v) is 4.72. The Kier molecular flexibility index (Phi) is 6.68. The molecule has 0 saturated heterocycles. The van der Waals surface area contributed by atoms with Gasteiger partial charge in [0.2, 0.25) is 0 Å². The third-order valence-electron chi connectivity index (χ3n) is 4.72. The molecular weight excluding hydrogens is 385 g/mol. The Labute approximate surface area is 174 Å². The molecule has 1 aromatic carbocycles. The van der Waals surface area contributed by atoms with Crippen LogP contribution >= 0.6 is 0 Å². The summed E-state index contributed by atoms with van der Waals surface area (Å²) in [4.78, 5) is 13.3. The van der Waals surface area contributed by atoms with Gasteiger partial charge in [-0.3, -0.25) is 4.99 Å². The Morgan fingerprint density at radius 1 is 1.40 bits per heavy atom. The molecular formula is C22H24FN5O2. The molecule has 30 heavy (non-hydrogen) atoms. The van der Waals surface area contributed by atoms with Crippen LogP contribution in [0.15, 0.2) is 46.7 Å². The fraction of sp³-hybridized carbons (Fsp3) is 0.273. The van der Waals surface area contributed by atoms with Crippen LogP contribution in [0.4, 0.5) is 10.1 Å². The zero-order valence-electron chi connectivity index (χ0n) is 17.2. The second-order valence-corrected chi connectivity index (χ2v) is 6.72. The predicted molar refractivity (Wildman–Crippen MR) is 116 cm³/mol. The van der Waals surface area contributed by atoms with Crippen molar-refractivity contribution < 1.29 is 14.3 Å². The first kappa shape index (κ1) is 21.3. The fourth-order valence-electron chi connectivity index (χ4n) is 3.15. The maximum absolute atomic E-state index is 14.9. The Balaban J connectivity index is 2.04. The minimum atomic E-state index is -0.362. The summed E-state index contributed by atoms with van der Waals surface area (Å²) in [6.07, 6.45) is 5.44. The van der Waals surface area contributed by atoms with Gasteiger partial charge in [-0.15, -0.1) is 0 Å². The first-order valence-electron chi connectivity index (χ1n) is 9.55. The topological polar surface area (TPSA) is 84.4 Å². The van der Waals surface area contributed by atoms with E-state index in [0.717, 1.165) is 11.3 Å². The number of hydrogen-bond donors (Lipinski definition) is 1. The average Bonchev–Trinajstić information content (AvgIpc) is 3.17. The van der Waals surface area contributed by atoms with Gasteiger partial charge in [-0.2, -0.15) is 5.10 Å². The quantitative estimate of drug-likeness (QED) is 0.345. The molecule has 1 atom stereocenters. The minimum absolute atomic E-state index is 0.107. The van der Waals surface area contributed by atoms with Crippen molar-refractivity contribution in [3.63, 3.8) is 0 Å². The van der Waals surface area contributed by atoms with Crippen molar-refractivity contribution in [2.75, 3.05) is 13.2 Å². The number of aromatic nitrogens is 3. The lowest BCUT2D eigenvalue weighted by Crippen LogP contribution is -2.09. The van der Waals surface area contributed by atoms with E-state index < -0.39 is 0 Å². The maximum Gasteiger partial charge on any atom is 0.153 e. The van der Waals surface area contributed by atoms with E-state index in [4.69, 9.17) is 9.94 Å². The molecule has 0 aliphatic carbocycles. The molecule has 0 aliphatic heterocycles. The number of rotatable bonds is 8. The lowest BCUT2D eigenvalue weighted by molar-refractivity contribution is 0.0986. The Bertz CT molecular complexity index is 1120. The van der Waals surface area contributed by atoms with E-state index in [0.29, 0.717) is 28.3 Å². The number of imidazole rings is 1. The highest BCUT2D eigenvalue weighted by molar-refractivity contribution is 5.96. The smallest absolute Gasteiger partial charge is 0.153 e. The summed E-state index contributed by atoms with van der Waals surface area (Å²) in [5.74, 6) is -0.673. The first-order chi connectivity index (χ1) is 14.5. The van der Waals surface area contributed by atoms with Crippen molar-refractivity contribution in [1.82, 2.24) is 14.6 Å². The molecule has 3 rings (SSSR count). The van der Waals surface area contributed by atoms with Gasteiger partial charge < -0.3 is 9.94 Å². The maximum atomic E-state index is 14.9. The second kappa shape index (κ2) is 9.41. The van der Waals surface area contributed by atoms with Crippen molar-refractivity contribution in [2.24, 2.45) is 10.1 Å². The summed E-state index contributed by atoms with van der Waals surface area (Å²) in [6.45, 7) is 9.07. The van der Waals surface area contributed by atoms with Crippen LogP contribution in [-0.4, -0.2) is 45.3 Å². The summed E-state index contributed by atoms with van der Waals surface area (Å²) in [6, 6.07) is 6.78. The molecule has 7 nitrogen and oxygen atoms in total. The third kappa shape index (κ3) is 4.28. The van der Waals surface area contributed by atoms with Crippen molar-refractivity contribution in [3.8, 4) is 0 Å². The highest BCUT2D eigenvalue weighted by Crippen LogP contribution is 2.32. The zero-order valence-corrected chi connectivity index (χ0v) is 17.2. The molecule has 2 heterocycles. The van der Waals surface area contributed by atoms with Crippen LogP contribution in [-0.2, 0) is 4.84 Å². The number of oxime groups is 1. The van der Waals surface area contributed by atoms with E-state index in [1.54, 1.807) is 29.8 Å². The van der Waals surface area contributed by atoms with Crippen LogP contribution in [0.1, 0.15) is 49.2 Å². The highest BCUT2D eigenvalue weighted by atomic mass is 19.1. The van der Waals surface area contributed by atoms with E-state index in [1.165, 1.54) is 6.07 Å². The Morgan fingerprint density at radius 2 is 2.20 bits per heavy atom. The van der Waals surface area contributed by atoms with Crippen LogP contribution in [0.25, 0.3) is 11.7 Å². The van der Waals surface area contributed by atoms with Crippen molar-refractivity contribution in [3.05, 3.63) is 64.9 Å². The lowest BCUT2D eigenvalue weighted by atomic mass is 9.95. The van der Waals surface area contributed by atoms with E-state index >= 15 is 0 Å². The number of benzene rings is 1. The summed E-state index contributed by atoms with van der Waals surface area (Å²) in [7, 11) is 0. The molecule has 0 unspecified atom stereocenters. The summed E-state index contributed by atoms with van der Waals surface area (Å²) < 4.78 is 16.5. The number of halogens is 1. The van der Waals surface area contributed by atoms with Gasteiger partial charge in [0.1, 0.15) is 23.8 Å². The van der Waals surface area contributed by atoms with Gasteiger partial charge in [0, 0.05) is 17.5 Å². The number of aliphatic hydroxyl groups excluding tert-OH is 1. The van der Waals surface area contributed by atoms with Crippen molar-refractivity contribution in [2.45, 2.75) is 26.7 Å². The molecule has 0 fully saturated rings. The average molecular weight is 409 g/mol. The monoisotopic (exact) mass is 409 g/mol. The van der Waals surface area contributed by atoms with E-state index in [9.17, 15) is 4.39 Å². The lowest BCUT2D eigenvalue weighted by Gasteiger charge is -2.15. The molecule has 0 spiro atoms. The Morgan fingerprint density at radius 3 is 2.90 bits per heavy atom. The van der Waals surface area contributed by atoms with Crippen LogP contribution in [0, 0.1) is 5.82 Å². The standard InChI is InChI=1S/C22H24FN5O2/c1-5-6-16-11-17(18(23)12-20(16)24-4)14(2)21-13-25-22-8-7-19(26-28(21)22)15(3)27-30-10-9-29/h5-8,11-14,29H,4,9-10H2,1-3H3/b6-5-,27-15+/t14-/m1/s1. The Hall–Kier alpha value is -3.39. The summed E-state index contributed by atoms with van der Waals surface area (Å²) in [5.41, 5.74) is 4.33. The zero-order chi connectivity index (χ0) is 21.7. The number of allylic oxidation sites excluding steroid dienone is 1. The molecule has 156 valence electrons. The van der Waals surface area contributed by atoms with Crippen LogP contribution < -0.4 is 0 Å². The van der Waals surface area contributed by atoms with Gasteiger partial charge in [-0.25, -0.2) is 13.9 Å². The van der Waals surface area contributed by atoms with Crippen LogP contribution in [0.3, 0.4) is 0 Å². The van der Waals surface area contributed by atoms with E-state index in [-0.39, 0.29) is 24.9 Å². The largest absolute Gasteiger partial charge is 0.393 e. The van der Waals surface area contributed by atoms with Gasteiger partial charge in [-0.05, 0) is 44.3 Å². The van der Waals surface area contributed by atoms with Crippen molar-refractivity contribution >= 4 is 29.8 Å². The molecule has 0 bridgehead atoms. The highest BCUT2D eigenvalue weighted by Gasteiger charge is 2.20. The molecule has 0 radical (unpaired) electrons.